The molecule has 3 aromatic carbocycles. The van der Waals surface area contributed by atoms with Gasteiger partial charge in [-0.1, -0.05) is 51.1 Å². The molecule has 0 heterocycles. The summed E-state index contributed by atoms with van der Waals surface area (Å²) in [6.45, 7) is 6.41. The zero-order valence-electron chi connectivity index (χ0n) is 16.8. The Balaban J connectivity index is 1.57. The van der Waals surface area contributed by atoms with Crippen molar-refractivity contribution in [1.82, 2.24) is 0 Å². The second-order valence-electron chi connectivity index (χ2n) is 7.80. The molecule has 0 fully saturated rings. The quantitative estimate of drug-likeness (QED) is 0.523. The molecule has 5 nitrogen and oxygen atoms in total. The van der Waals surface area contributed by atoms with Gasteiger partial charge in [-0.3, -0.25) is 4.79 Å². The summed E-state index contributed by atoms with van der Waals surface area (Å²) in [6.07, 6.45) is 0. The Morgan fingerprint density at radius 3 is 1.62 bits per heavy atom. The van der Waals surface area contributed by atoms with Gasteiger partial charge >= 0.3 is 6.03 Å². The standard InChI is InChI=1S/C24H25N3O2/c1-24(2,3)18-11-9-17(10-12-18)22(28)25-20-13-15-21(16-14-20)27-23(29)26-19-7-5-4-6-8-19/h4-16H,1-3H3,(H,25,28)(H2,26,27,29). The van der Waals surface area contributed by atoms with Gasteiger partial charge in [0.15, 0.2) is 0 Å². The van der Waals surface area contributed by atoms with Gasteiger partial charge in [0.05, 0.1) is 0 Å². The van der Waals surface area contributed by atoms with Crippen molar-refractivity contribution in [1.29, 1.82) is 0 Å². The molecule has 0 atom stereocenters. The molecule has 3 N–H and O–H groups in total. The lowest BCUT2D eigenvalue weighted by molar-refractivity contribution is 0.102. The molecule has 0 aliphatic rings. The van der Waals surface area contributed by atoms with Crippen molar-refractivity contribution in [3.05, 3.63) is 90.0 Å². The van der Waals surface area contributed by atoms with Gasteiger partial charge in [-0.15, -0.1) is 0 Å². The maximum Gasteiger partial charge on any atom is 0.323 e. The van der Waals surface area contributed by atoms with Crippen molar-refractivity contribution in [3.8, 4) is 0 Å². The molecule has 29 heavy (non-hydrogen) atoms. The number of anilines is 3. The highest BCUT2D eigenvalue weighted by Gasteiger charge is 2.14. The van der Waals surface area contributed by atoms with Crippen molar-refractivity contribution in [3.63, 3.8) is 0 Å². The van der Waals surface area contributed by atoms with Gasteiger partial charge < -0.3 is 16.0 Å². The summed E-state index contributed by atoms with van der Waals surface area (Å²) in [5.74, 6) is -0.173. The van der Waals surface area contributed by atoms with Crippen LogP contribution in [0.4, 0.5) is 21.9 Å². The number of para-hydroxylation sites is 1. The Hall–Kier alpha value is -3.60. The van der Waals surface area contributed by atoms with E-state index < -0.39 is 0 Å². The number of amides is 3. The highest BCUT2D eigenvalue weighted by Crippen LogP contribution is 2.22. The van der Waals surface area contributed by atoms with E-state index in [0.29, 0.717) is 22.6 Å². The highest BCUT2D eigenvalue weighted by atomic mass is 16.2. The first-order chi connectivity index (χ1) is 13.8. The topological polar surface area (TPSA) is 70.2 Å². The summed E-state index contributed by atoms with van der Waals surface area (Å²) < 4.78 is 0. The Morgan fingerprint density at radius 2 is 1.10 bits per heavy atom. The zero-order valence-corrected chi connectivity index (χ0v) is 16.8. The molecule has 0 aliphatic carbocycles. The van der Waals surface area contributed by atoms with Crippen LogP contribution in [0.5, 0.6) is 0 Å². The van der Waals surface area contributed by atoms with E-state index in [-0.39, 0.29) is 17.4 Å². The van der Waals surface area contributed by atoms with E-state index >= 15 is 0 Å². The van der Waals surface area contributed by atoms with Crippen LogP contribution in [0.15, 0.2) is 78.9 Å². The predicted octanol–water partition coefficient (Wildman–Crippen LogP) is 5.88. The normalized spacial score (nSPS) is 10.9. The molecule has 3 aromatic rings. The van der Waals surface area contributed by atoms with E-state index in [1.807, 2.05) is 54.6 Å². The van der Waals surface area contributed by atoms with Crippen LogP contribution in [0.1, 0.15) is 36.7 Å². The smallest absolute Gasteiger partial charge is 0.322 e. The number of benzene rings is 3. The molecule has 0 aliphatic heterocycles. The van der Waals surface area contributed by atoms with E-state index in [1.54, 1.807) is 24.3 Å². The van der Waals surface area contributed by atoms with Crippen LogP contribution in [0, 0.1) is 0 Å². The molecule has 0 unspecified atom stereocenters. The SMILES string of the molecule is CC(C)(C)c1ccc(C(=O)Nc2ccc(NC(=O)Nc3ccccc3)cc2)cc1. The lowest BCUT2D eigenvalue weighted by Crippen LogP contribution is -2.19. The summed E-state index contributed by atoms with van der Waals surface area (Å²) in [5, 5.41) is 8.38. The van der Waals surface area contributed by atoms with Crippen LogP contribution < -0.4 is 16.0 Å². The molecule has 0 bridgehead atoms. The van der Waals surface area contributed by atoms with Crippen molar-refractivity contribution < 1.29 is 9.59 Å². The van der Waals surface area contributed by atoms with Gasteiger partial charge in [-0.05, 0) is 59.5 Å². The molecule has 0 saturated heterocycles. The Labute approximate surface area is 171 Å². The molecule has 0 saturated carbocycles. The molecular formula is C24H25N3O2. The van der Waals surface area contributed by atoms with Gasteiger partial charge in [-0.2, -0.15) is 0 Å². The lowest BCUT2D eigenvalue weighted by Gasteiger charge is -2.19. The first kappa shape index (κ1) is 20.1. The number of hydrogen-bond acceptors (Lipinski definition) is 2. The molecule has 5 heteroatoms. The van der Waals surface area contributed by atoms with Crippen LogP contribution in [0.25, 0.3) is 0 Å². The van der Waals surface area contributed by atoms with Crippen LogP contribution in [-0.2, 0) is 5.41 Å². The fourth-order valence-corrected chi connectivity index (χ4v) is 2.78. The number of carbonyl (C=O) groups is 2. The van der Waals surface area contributed by atoms with E-state index in [0.717, 1.165) is 0 Å². The minimum absolute atomic E-state index is 0.0463. The summed E-state index contributed by atoms with van der Waals surface area (Å²) in [6, 6.07) is 23.5. The van der Waals surface area contributed by atoms with Gasteiger partial charge in [0.2, 0.25) is 0 Å². The fourth-order valence-electron chi connectivity index (χ4n) is 2.78. The Kier molecular flexibility index (Phi) is 5.98. The van der Waals surface area contributed by atoms with Crippen LogP contribution >= 0.6 is 0 Å². The monoisotopic (exact) mass is 387 g/mol. The molecular weight excluding hydrogens is 362 g/mol. The van der Waals surface area contributed by atoms with Gasteiger partial charge in [0.1, 0.15) is 0 Å². The number of urea groups is 1. The maximum atomic E-state index is 12.5. The van der Waals surface area contributed by atoms with E-state index in [2.05, 4.69) is 36.7 Å². The van der Waals surface area contributed by atoms with Gasteiger partial charge in [-0.25, -0.2) is 4.79 Å². The largest absolute Gasteiger partial charge is 0.323 e. The van der Waals surface area contributed by atoms with E-state index in [4.69, 9.17) is 0 Å². The number of nitrogens with one attached hydrogen (secondary N) is 3. The van der Waals surface area contributed by atoms with Gasteiger partial charge in [0, 0.05) is 22.6 Å². The average Bonchev–Trinajstić information content (AvgIpc) is 2.69. The summed E-state index contributed by atoms with van der Waals surface area (Å²) >= 11 is 0. The lowest BCUT2D eigenvalue weighted by atomic mass is 9.87. The van der Waals surface area contributed by atoms with Crippen molar-refractivity contribution in [2.75, 3.05) is 16.0 Å². The molecule has 148 valence electrons. The van der Waals surface area contributed by atoms with Crippen molar-refractivity contribution >= 4 is 29.0 Å². The summed E-state index contributed by atoms with van der Waals surface area (Å²) in [4.78, 5) is 24.5. The second kappa shape index (κ2) is 8.61. The van der Waals surface area contributed by atoms with Crippen LogP contribution in [0.3, 0.4) is 0 Å². The predicted molar refractivity (Wildman–Crippen MR) is 119 cm³/mol. The van der Waals surface area contributed by atoms with E-state index in [9.17, 15) is 9.59 Å². The third-order valence-electron chi connectivity index (χ3n) is 4.45. The maximum absolute atomic E-state index is 12.5. The van der Waals surface area contributed by atoms with Crippen molar-refractivity contribution in [2.24, 2.45) is 0 Å². The summed E-state index contributed by atoms with van der Waals surface area (Å²) in [5.41, 5.74) is 3.83. The molecule has 0 spiro atoms. The van der Waals surface area contributed by atoms with E-state index in [1.165, 1.54) is 5.56 Å². The molecule has 3 rings (SSSR count). The minimum atomic E-state index is -0.327. The number of carbonyl (C=O) groups excluding carboxylic acids is 2. The number of rotatable bonds is 4. The molecule has 0 aromatic heterocycles. The fraction of sp³-hybridized carbons (Fsp3) is 0.167. The molecule has 3 amide bonds. The summed E-state index contributed by atoms with van der Waals surface area (Å²) in [7, 11) is 0. The third kappa shape index (κ3) is 5.69. The second-order valence-corrected chi connectivity index (χ2v) is 7.80. The third-order valence-corrected chi connectivity index (χ3v) is 4.45. The van der Waals surface area contributed by atoms with Crippen LogP contribution in [0.2, 0.25) is 0 Å². The average molecular weight is 387 g/mol. The first-order valence-electron chi connectivity index (χ1n) is 9.46. The zero-order chi connectivity index (χ0) is 20.9. The van der Waals surface area contributed by atoms with Crippen LogP contribution in [-0.4, -0.2) is 11.9 Å². The molecule has 0 radical (unpaired) electrons. The minimum Gasteiger partial charge on any atom is -0.322 e. The van der Waals surface area contributed by atoms with Crippen molar-refractivity contribution in [2.45, 2.75) is 26.2 Å². The first-order valence-corrected chi connectivity index (χ1v) is 9.46. The number of hydrogen-bond donors (Lipinski definition) is 3. The highest BCUT2D eigenvalue weighted by molar-refractivity contribution is 6.04. The Bertz CT molecular complexity index is 973. The van der Waals surface area contributed by atoms with Gasteiger partial charge in [0.25, 0.3) is 5.91 Å². The Morgan fingerprint density at radius 1 is 0.621 bits per heavy atom.